The first-order valence-corrected chi connectivity index (χ1v) is 10.2. The fraction of sp³-hybridized carbons (Fsp3) is 0.250. The molecule has 1 fully saturated rings. The van der Waals surface area contributed by atoms with E-state index >= 15 is 0 Å². The van der Waals surface area contributed by atoms with Crippen molar-refractivity contribution < 1.29 is 22.7 Å². The molecule has 1 aromatic carbocycles. The minimum Gasteiger partial charge on any atom is -0.485 e. The summed E-state index contributed by atoms with van der Waals surface area (Å²) >= 11 is 0.790. The number of hydrogen-bond acceptors (Lipinski definition) is 7. The summed E-state index contributed by atoms with van der Waals surface area (Å²) < 4.78 is 48.0. The standard InChI is InChI=1S/C20H18F3N5O2S/c21-10-2-1-3-11(22)16(10)20-28-17(18(24)31-20)19(29)27-13-9-26-7-5-15(13)30-14-4-6-25-8-12(14)23/h1-3,5,7,9,12,14,25H,4,6,8,24H2,(H,27,29). The third kappa shape index (κ3) is 4.47. The van der Waals surface area contributed by atoms with Gasteiger partial charge in [-0.15, -0.1) is 0 Å². The zero-order chi connectivity index (χ0) is 22.0. The Morgan fingerprint density at radius 3 is 2.81 bits per heavy atom. The number of carbonyl (C=O) groups is 1. The average molecular weight is 449 g/mol. The molecule has 0 spiro atoms. The SMILES string of the molecule is Nc1sc(-c2c(F)cccc2F)nc1C(=O)Nc1cnccc1OC1CCNCC1F. The van der Waals surface area contributed by atoms with E-state index in [9.17, 15) is 18.0 Å². The molecule has 1 amide bonds. The van der Waals surface area contributed by atoms with E-state index < -0.39 is 29.8 Å². The van der Waals surface area contributed by atoms with E-state index in [4.69, 9.17) is 10.5 Å². The number of anilines is 2. The summed E-state index contributed by atoms with van der Waals surface area (Å²) in [6.07, 6.45) is 1.40. The molecule has 0 aliphatic carbocycles. The molecule has 1 aliphatic rings. The van der Waals surface area contributed by atoms with Crippen molar-refractivity contribution in [2.24, 2.45) is 0 Å². The Hall–Kier alpha value is -3.18. The number of ether oxygens (including phenoxy) is 1. The van der Waals surface area contributed by atoms with Crippen molar-refractivity contribution in [3.05, 3.63) is 54.0 Å². The van der Waals surface area contributed by atoms with Crippen LogP contribution in [0, 0.1) is 11.6 Å². The van der Waals surface area contributed by atoms with E-state index in [1.807, 2.05) is 0 Å². The number of amides is 1. The van der Waals surface area contributed by atoms with Crippen molar-refractivity contribution in [3.63, 3.8) is 0 Å². The highest BCUT2D eigenvalue weighted by Crippen LogP contribution is 2.34. The summed E-state index contributed by atoms with van der Waals surface area (Å²) in [5, 5.41) is 5.45. The van der Waals surface area contributed by atoms with Crippen LogP contribution in [0.15, 0.2) is 36.7 Å². The average Bonchev–Trinajstić information content (AvgIpc) is 3.12. The summed E-state index contributed by atoms with van der Waals surface area (Å²) in [6, 6.07) is 4.92. The highest BCUT2D eigenvalue weighted by molar-refractivity contribution is 7.19. The van der Waals surface area contributed by atoms with Crippen LogP contribution in [-0.4, -0.2) is 41.2 Å². The number of nitrogens with two attached hydrogens (primary N) is 1. The molecule has 1 saturated heterocycles. The number of benzene rings is 1. The van der Waals surface area contributed by atoms with Gasteiger partial charge in [0.15, 0.2) is 5.69 Å². The molecule has 162 valence electrons. The Kier molecular flexibility index (Phi) is 6.05. The van der Waals surface area contributed by atoms with E-state index in [0.717, 1.165) is 23.5 Å². The smallest absolute Gasteiger partial charge is 0.277 e. The van der Waals surface area contributed by atoms with Gasteiger partial charge in [0.05, 0.1) is 11.8 Å². The minimum absolute atomic E-state index is 0.0105. The first-order chi connectivity index (χ1) is 14.9. The second-order valence-corrected chi connectivity index (χ2v) is 7.85. The molecule has 4 N–H and O–H groups in total. The van der Waals surface area contributed by atoms with E-state index in [1.54, 1.807) is 0 Å². The van der Waals surface area contributed by atoms with Gasteiger partial charge in [0.2, 0.25) is 0 Å². The van der Waals surface area contributed by atoms with Crippen molar-refractivity contribution in [3.8, 4) is 16.3 Å². The molecule has 11 heteroatoms. The zero-order valence-corrected chi connectivity index (χ0v) is 16.9. The van der Waals surface area contributed by atoms with Gasteiger partial charge in [-0.05, 0) is 25.1 Å². The predicted molar refractivity (Wildman–Crippen MR) is 111 cm³/mol. The Balaban J connectivity index is 1.56. The Labute approximate surface area is 179 Å². The Morgan fingerprint density at radius 2 is 2.06 bits per heavy atom. The zero-order valence-electron chi connectivity index (χ0n) is 16.1. The van der Waals surface area contributed by atoms with Crippen LogP contribution in [0.4, 0.5) is 23.9 Å². The molecule has 3 heterocycles. The lowest BCUT2D eigenvalue weighted by Gasteiger charge is -2.28. The maximum absolute atomic E-state index is 14.1. The number of rotatable bonds is 5. The number of pyridine rings is 1. The molecule has 2 aromatic heterocycles. The van der Waals surface area contributed by atoms with Crippen molar-refractivity contribution >= 4 is 27.9 Å². The van der Waals surface area contributed by atoms with Crippen LogP contribution in [0.25, 0.3) is 10.6 Å². The van der Waals surface area contributed by atoms with Crippen molar-refractivity contribution in [2.45, 2.75) is 18.7 Å². The molecule has 0 radical (unpaired) electrons. The second-order valence-electron chi connectivity index (χ2n) is 6.82. The van der Waals surface area contributed by atoms with E-state index in [1.165, 1.54) is 24.5 Å². The van der Waals surface area contributed by atoms with Gasteiger partial charge in [-0.25, -0.2) is 18.2 Å². The molecule has 31 heavy (non-hydrogen) atoms. The summed E-state index contributed by atoms with van der Waals surface area (Å²) in [5.41, 5.74) is 5.53. The summed E-state index contributed by atoms with van der Waals surface area (Å²) in [7, 11) is 0. The first-order valence-electron chi connectivity index (χ1n) is 9.41. The van der Waals surface area contributed by atoms with Crippen LogP contribution in [0.1, 0.15) is 16.9 Å². The van der Waals surface area contributed by atoms with Gasteiger partial charge in [-0.1, -0.05) is 17.4 Å². The van der Waals surface area contributed by atoms with Crippen LogP contribution in [0.5, 0.6) is 5.75 Å². The minimum atomic E-state index is -1.20. The van der Waals surface area contributed by atoms with Crippen LogP contribution in [-0.2, 0) is 0 Å². The summed E-state index contributed by atoms with van der Waals surface area (Å²) in [6.45, 7) is 0.796. The number of nitrogen functional groups attached to an aromatic ring is 1. The Morgan fingerprint density at radius 1 is 1.29 bits per heavy atom. The lowest BCUT2D eigenvalue weighted by atomic mass is 10.1. The Bertz CT molecular complexity index is 1090. The van der Waals surface area contributed by atoms with Gasteiger partial charge in [0.25, 0.3) is 5.91 Å². The maximum Gasteiger partial charge on any atom is 0.277 e. The normalized spacial score (nSPS) is 18.5. The van der Waals surface area contributed by atoms with Crippen molar-refractivity contribution in [2.75, 3.05) is 24.1 Å². The number of nitrogens with one attached hydrogen (secondary N) is 2. The second kappa shape index (κ2) is 8.90. The summed E-state index contributed by atoms with van der Waals surface area (Å²) in [4.78, 5) is 20.7. The number of nitrogens with zero attached hydrogens (tertiary/aromatic N) is 2. The molecule has 1 aliphatic heterocycles. The van der Waals surface area contributed by atoms with Gasteiger partial charge in [-0.3, -0.25) is 9.78 Å². The van der Waals surface area contributed by atoms with Crippen LogP contribution >= 0.6 is 11.3 Å². The maximum atomic E-state index is 14.1. The fourth-order valence-electron chi connectivity index (χ4n) is 3.16. The molecule has 7 nitrogen and oxygen atoms in total. The summed E-state index contributed by atoms with van der Waals surface area (Å²) in [5.74, 6) is -2.10. The molecule has 2 unspecified atom stereocenters. The number of piperidine rings is 1. The molecule has 0 saturated carbocycles. The van der Waals surface area contributed by atoms with E-state index in [0.29, 0.717) is 13.0 Å². The van der Waals surface area contributed by atoms with E-state index in [2.05, 4.69) is 20.6 Å². The third-order valence-corrected chi connectivity index (χ3v) is 5.60. The molecular weight excluding hydrogens is 431 g/mol. The van der Waals surface area contributed by atoms with Crippen LogP contribution in [0.2, 0.25) is 0 Å². The highest BCUT2D eigenvalue weighted by atomic mass is 32.1. The third-order valence-electron chi connectivity index (χ3n) is 4.70. The predicted octanol–water partition coefficient (Wildman–Crippen LogP) is 3.40. The largest absolute Gasteiger partial charge is 0.485 e. The monoisotopic (exact) mass is 449 g/mol. The van der Waals surface area contributed by atoms with Crippen LogP contribution < -0.4 is 21.1 Å². The van der Waals surface area contributed by atoms with E-state index in [-0.39, 0.29) is 39.2 Å². The first kappa shape index (κ1) is 21.1. The molecular formula is C20H18F3N5O2S. The van der Waals surface area contributed by atoms with Gasteiger partial charge in [0.1, 0.15) is 45.4 Å². The van der Waals surface area contributed by atoms with Gasteiger partial charge >= 0.3 is 0 Å². The fourth-order valence-corrected chi connectivity index (χ4v) is 4.03. The highest BCUT2D eigenvalue weighted by Gasteiger charge is 2.28. The number of thiazole rings is 1. The lowest BCUT2D eigenvalue weighted by Crippen LogP contribution is -2.44. The number of hydrogen-bond donors (Lipinski definition) is 3. The quantitative estimate of drug-likeness (QED) is 0.552. The van der Waals surface area contributed by atoms with Gasteiger partial charge < -0.3 is 21.1 Å². The topological polar surface area (TPSA) is 102 Å². The number of alkyl halides is 1. The number of aromatic nitrogens is 2. The molecule has 0 bridgehead atoms. The number of halogens is 3. The van der Waals surface area contributed by atoms with Gasteiger partial charge in [-0.2, -0.15) is 0 Å². The van der Waals surface area contributed by atoms with Gasteiger partial charge in [0, 0.05) is 18.8 Å². The van der Waals surface area contributed by atoms with Crippen molar-refractivity contribution in [1.82, 2.24) is 15.3 Å². The number of carbonyl (C=O) groups excluding carboxylic acids is 1. The van der Waals surface area contributed by atoms with Crippen LogP contribution in [0.3, 0.4) is 0 Å². The van der Waals surface area contributed by atoms with Crippen molar-refractivity contribution in [1.29, 1.82) is 0 Å². The lowest BCUT2D eigenvalue weighted by molar-refractivity contribution is 0.0735. The molecule has 2 atom stereocenters. The molecule has 4 rings (SSSR count). The molecule has 3 aromatic rings.